The molecule has 0 spiro atoms. The highest BCUT2D eigenvalue weighted by atomic mass is 16.5. The molecule has 0 unspecified atom stereocenters. The molecule has 0 aliphatic carbocycles. The first-order valence-electron chi connectivity index (χ1n) is 4.95. The molecule has 16 heavy (non-hydrogen) atoms. The predicted molar refractivity (Wildman–Crippen MR) is 53.1 cm³/mol. The summed E-state index contributed by atoms with van der Waals surface area (Å²) in [6.07, 6.45) is 1.94. The fourth-order valence-electron chi connectivity index (χ4n) is 1.86. The molecule has 2 rings (SSSR count). The van der Waals surface area contributed by atoms with Crippen LogP contribution in [0.1, 0.15) is 12.8 Å². The summed E-state index contributed by atoms with van der Waals surface area (Å²) in [7, 11) is 0. The largest absolute Gasteiger partial charge is 0.490 e. The molecule has 0 aromatic carbocycles. The van der Waals surface area contributed by atoms with E-state index in [1.807, 2.05) is 0 Å². The minimum atomic E-state index is -0.640. The summed E-state index contributed by atoms with van der Waals surface area (Å²) in [4.78, 5) is 1.77. The topological polar surface area (TPSA) is 122 Å². The Kier molecular flexibility index (Phi) is 2.44. The van der Waals surface area contributed by atoms with Gasteiger partial charge >= 0.3 is 0 Å². The van der Waals surface area contributed by atoms with Gasteiger partial charge in [0.1, 0.15) is 0 Å². The average Bonchev–Trinajstić information content (AvgIpc) is 2.77. The van der Waals surface area contributed by atoms with E-state index in [2.05, 4.69) is 0 Å². The number of aliphatic hydroxyl groups is 1. The van der Waals surface area contributed by atoms with Gasteiger partial charge in [0.15, 0.2) is 17.5 Å². The van der Waals surface area contributed by atoms with Crippen molar-refractivity contribution in [3.8, 4) is 0 Å². The van der Waals surface area contributed by atoms with Crippen LogP contribution in [0.2, 0.25) is 0 Å². The van der Waals surface area contributed by atoms with Gasteiger partial charge in [0.05, 0.1) is 0 Å². The van der Waals surface area contributed by atoms with Crippen LogP contribution in [0.3, 0.4) is 0 Å². The molecule has 8 heteroatoms. The lowest BCUT2D eigenvalue weighted by Gasteiger charge is -2.35. The zero-order valence-corrected chi connectivity index (χ0v) is 8.67. The molecular formula is C8H15N5O3. The molecule has 90 valence electrons. The van der Waals surface area contributed by atoms with Crippen molar-refractivity contribution in [3.63, 3.8) is 0 Å². The highest BCUT2D eigenvalue weighted by Crippen LogP contribution is 2.27. The molecule has 1 fully saturated rings. The van der Waals surface area contributed by atoms with Crippen LogP contribution in [-0.2, 0) is 0 Å². The van der Waals surface area contributed by atoms with Gasteiger partial charge in [-0.05, 0) is 12.8 Å². The molecule has 0 aromatic heterocycles. The lowest BCUT2D eigenvalue weighted by molar-refractivity contribution is -0.124. The van der Waals surface area contributed by atoms with Gasteiger partial charge in [0.2, 0.25) is 0 Å². The van der Waals surface area contributed by atoms with E-state index >= 15 is 0 Å². The van der Waals surface area contributed by atoms with Gasteiger partial charge in [-0.15, -0.1) is 0 Å². The molecule has 2 heterocycles. The number of hydrogen-bond donors (Lipinski definition) is 5. The Labute approximate surface area is 92.2 Å². The Morgan fingerprint density at radius 1 is 0.938 bits per heavy atom. The molecule has 8 nitrogen and oxygen atoms in total. The van der Waals surface area contributed by atoms with Gasteiger partial charge in [-0.1, -0.05) is 0 Å². The van der Waals surface area contributed by atoms with Crippen molar-refractivity contribution in [2.45, 2.75) is 12.8 Å². The van der Waals surface area contributed by atoms with Gasteiger partial charge in [-0.2, -0.15) is 10.1 Å². The number of nitrogens with zero attached hydrogens (tertiary/aromatic N) is 3. The van der Waals surface area contributed by atoms with E-state index in [4.69, 9.17) is 11.5 Å². The summed E-state index contributed by atoms with van der Waals surface area (Å²) < 4.78 is 0. The van der Waals surface area contributed by atoms with Crippen molar-refractivity contribution in [1.82, 2.24) is 15.0 Å². The summed E-state index contributed by atoms with van der Waals surface area (Å²) in [6, 6.07) is 0. The summed E-state index contributed by atoms with van der Waals surface area (Å²) in [5, 5.41) is 29.6. The van der Waals surface area contributed by atoms with E-state index in [1.165, 1.54) is 0 Å². The maximum absolute atomic E-state index is 9.68. The first-order valence-corrected chi connectivity index (χ1v) is 4.95. The first kappa shape index (κ1) is 10.7. The Balaban J connectivity index is 2.35. The Hall–Kier alpha value is -1.80. The highest BCUT2D eigenvalue weighted by molar-refractivity contribution is 5.21. The Morgan fingerprint density at radius 2 is 1.50 bits per heavy atom. The zero-order valence-electron chi connectivity index (χ0n) is 8.67. The van der Waals surface area contributed by atoms with Crippen molar-refractivity contribution < 1.29 is 15.5 Å². The fraction of sp³-hybridized carbons (Fsp3) is 0.500. The molecule has 0 amide bonds. The van der Waals surface area contributed by atoms with Crippen LogP contribution in [0.5, 0.6) is 0 Å². The highest BCUT2D eigenvalue weighted by Gasteiger charge is 2.33. The molecular weight excluding hydrogens is 214 g/mol. The van der Waals surface area contributed by atoms with E-state index in [9.17, 15) is 15.5 Å². The van der Waals surface area contributed by atoms with E-state index in [0.29, 0.717) is 23.2 Å². The molecule has 0 aromatic rings. The van der Waals surface area contributed by atoms with Crippen molar-refractivity contribution in [2.75, 3.05) is 13.1 Å². The van der Waals surface area contributed by atoms with Gasteiger partial charge in [0.25, 0.3) is 5.88 Å². The second-order valence-corrected chi connectivity index (χ2v) is 3.74. The molecule has 0 atom stereocenters. The van der Waals surface area contributed by atoms with E-state index in [1.54, 1.807) is 4.90 Å². The summed E-state index contributed by atoms with van der Waals surface area (Å²) >= 11 is 0. The number of nitrogens with two attached hydrogens (primary N) is 2. The Bertz CT molecular complexity index is 361. The number of rotatable bonds is 1. The second-order valence-electron chi connectivity index (χ2n) is 3.74. The first-order chi connectivity index (χ1) is 7.54. The number of hydrogen-bond acceptors (Lipinski definition) is 8. The smallest absolute Gasteiger partial charge is 0.261 e. The van der Waals surface area contributed by atoms with Crippen molar-refractivity contribution in [1.29, 1.82) is 0 Å². The zero-order chi connectivity index (χ0) is 11.9. The fourth-order valence-corrected chi connectivity index (χ4v) is 1.86. The van der Waals surface area contributed by atoms with E-state index in [-0.39, 0.29) is 11.6 Å². The van der Waals surface area contributed by atoms with Crippen molar-refractivity contribution >= 4 is 0 Å². The average molecular weight is 229 g/mol. The van der Waals surface area contributed by atoms with Crippen LogP contribution < -0.4 is 11.5 Å². The quantitative estimate of drug-likeness (QED) is 0.396. The van der Waals surface area contributed by atoms with Gasteiger partial charge in [-0.25, -0.2) is 0 Å². The monoisotopic (exact) mass is 229 g/mol. The SMILES string of the molecule is NC1=C(O)N(O)C(N2CCCC2)=C(N)N1O. The lowest BCUT2D eigenvalue weighted by Crippen LogP contribution is -2.45. The normalized spacial score (nSPS) is 22.5. The predicted octanol–water partition coefficient (Wildman–Crippen LogP) is -0.793. The van der Waals surface area contributed by atoms with Crippen LogP contribution in [0.15, 0.2) is 23.3 Å². The number of aliphatic hydroxyl groups excluding tert-OH is 1. The van der Waals surface area contributed by atoms with Gasteiger partial charge < -0.3 is 21.5 Å². The van der Waals surface area contributed by atoms with Crippen LogP contribution in [0, 0.1) is 0 Å². The molecule has 0 radical (unpaired) electrons. The second kappa shape index (κ2) is 3.65. The summed E-state index contributed by atoms with van der Waals surface area (Å²) in [6.45, 7) is 1.40. The van der Waals surface area contributed by atoms with Crippen molar-refractivity contribution in [2.24, 2.45) is 11.5 Å². The number of likely N-dealkylation sites (tertiary alicyclic amines) is 1. The van der Waals surface area contributed by atoms with E-state index in [0.717, 1.165) is 12.8 Å². The standard InChI is InChI=1S/C8H15N5O3/c9-5-7(11-3-1-2-4-11)13(16)8(14)6(10)12(5)15/h14-16H,1-4,9-10H2. The summed E-state index contributed by atoms with van der Waals surface area (Å²) in [5.41, 5.74) is 11.0. The molecule has 2 aliphatic heterocycles. The van der Waals surface area contributed by atoms with Crippen LogP contribution in [0.25, 0.3) is 0 Å². The molecule has 0 bridgehead atoms. The molecule has 7 N–H and O–H groups in total. The van der Waals surface area contributed by atoms with Crippen LogP contribution >= 0.6 is 0 Å². The molecule has 2 aliphatic rings. The maximum Gasteiger partial charge on any atom is 0.261 e. The maximum atomic E-state index is 9.68. The lowest BCUT2D eigenvalue weighted by atomic mass is 10.4. The molecule has 0 saturated carbocycles. The minimum absolute atomic E-state index is 0.111. The third-order valence-electron chi connectivity index (χ3n) is 2.72. The van der Waals surface area contributed by atoms with Crippen LogP contribution in [-0.4, -0.2) is 43.6 Å². The van der Waals surface area contributed by atoms with E-state index < -0.39 is 11.7 Å². The number of hydroxylamine groups is 4. The van der Waals surface area contributed by atoms with Crippen LogP contribution in [0.4, 0.5) is 0 Å². The summed E-state index contributed by atoms with van der Waals surface area (Å²) in [5.74, 6) is -1.02. The third kappa shape index (κ3) is 1.39. The Morgan fingerprint density at radius 3 is 2.06 bits per heavy atom. The van der Waals surface area contributed by atoms with Gasteiger partial charge in [-0.3, -0.25) is 10.4 Å². The minimum Gasteiger partial charge on any atom is -0.490 e. The van der Waals surface area contributed by atoms with Gasteiger partial charge in [0, 0.05) is 13.1 Å². The van der Waals surface area contributed by atoms with Crippen molar-refractivity contribution in [3.05, 3.63) is 23.3 Å². The third-order valence-corrected chi connectivity index (χ3v) is 2.72. The molecule has 1 saturated heterocycles.